The predicted molar refractivity (Wildman–Crippen MR) is 120 cm³/mol. The van der Waals surface area contributed by atoms with Gasteiger partial charge in [-0.05, 0) is 41.1 Å². The summed E-state index contributed by atoms with van der Waals surface area (Å²) in [6.07, 6.45) is 0.409. The second-order valence-corrected chi connectivity index (χ2v) is 8.68. The molecule has 29 heavy (non-hydrogen) atoms. The summed E-state index contributed by atoms with van der Waals surface area (Å²) in [5.41, 5.74) is 2.71. The first-order valence-electron chi connectivity index (χ1n) is 9.69. The van der Waals surface area contributed by atoms with E-state index in [2.05, 4.69) is 19.2 Å². The summed E-state index contributed by atoms with van der Waals surface area (Å²) in [6, 6.07) is 9.74. The van der Waals surface area contributed by atoms with E-state index in [1.54, 1.807) is 11.3 Å². The second kappa shape index (κ2) is 11.0. The van der Waals surface area contributed by atoms with Crippen LogP contribution in [-0.2, 0) is 27.3 Å². The van der Waals surface area contributed by atoms with Gasteiger partial charge in [-0.15, -0.1) is 11.3 Å². The molecule has 0 aliphatic heterocycles. The Hall–Kier alpha value is -2.38. The number of carbonyl (C=O) groups is 2. The number of thiophene rings is 1. The lowest BCUT2D eigenvalue weighted by molar-refractivity contribution is -0.131. The van der Waals surface area contributed by atoms with Crippen LogP contribution in [0, 0.1) is 5.92 Å². The maximum absolute atomic E-state index is 13.0. The zero-order valence-corrected chi connectivity index (χ0v) is 18.7. The van der Waals surface area contributed by atoms with E-state index in [0.29, 0.717) is 31.1 Å². The van der Waals surface area contributed by atoms with Crippen molar-refractivity contribution < 1.29 is 14.3 Å². The molecule has 0 aliphatic carbocycles. The minimum Gasteiger partial charge on any atom is -0.377 e. The van der Waals surface area contributed by atoms with Gasteiger partial charge >= 0.3 is 0 Å². The van der Waals surface area contributed by atoms with E-state index < -0.39 is 0 Å². The molecular weight excluding hydrogens is 386 g/mol. The summed E-state index contributed by atoms with van der Waals surface area (Å²) in [6.45, 7) is 5.39. The van der Waals surface area contributed by atoms with E-state index in [0.717, 1.165) is 16.1 Å². The van der Waals surface area contributed by atoms with Crippen LogP contribution in [0.4, 0.5) is 11.4 Å². The fraction of sp³-hybridized carbons (Fsp3) is 0.455. The van der Waals surface area contributed by atoms with E-state index in [-0.39, 0.29) is 18.4 Å². The Kier molecular flexibility index (Phi) is 8.67. The van der Waals surface area contributed by atoms with Gasteiger partial charge in [0, 0.05) is 50.5 Å². The molecule has 0 radical (unpaired) electrons. The van der Waals surface area contributed by atoms with Crippen LogP contribution in [0.15, 0.2) is 35.7 Å². The summed E-state index contributed by atoms with van der Waals surface area (Å²) in [7, 11) is 5.44. The van der Waals surface area contributed by atoms with Crippen molar-refractivity contribution >= 4 is 34.5 Å². The molecule has 0 saturated heterocycles. The van der Waals surface area contributed by atoms with Crippen molar-refractivity contribution in [2.45, 2.75) is 26.8 Å². The number of amides is 2. The third-order valence-corrected chi connectivity index (χ3v) is 5.20. The van der Waals surface area contributed by atoms with E-state index in [1.807, 2.05) is 59.6 Å². The average Bonchev–Trinajstić information content (AvgIpc) is 3.14. The highest BCUT2D eigenvalue weighted by Crippen LogP contribution is 2.25. The molecule has 0 saturated carbocycles. The van der Waals surface area contributed by atoms with Gasteiger partial charge in [-0.25, -0.2) is 0 Å². The third kappa shape index (κ3) is 7.18. The van der Waals surface area contributed by atoms with Gasteiger partial charge in [-0.1, -0.05) is 19.9 Å². The number of hydrogen-bond acceptors (Lipinski definition) is 5. The number of rotatable bonds is 10. The average molecular weight is 418 g/mol. The molecule has 0 fully saturated rings. The zero-order valence-electron chi connectivity index (χ0n) is 17.9. The SMILES string of the molecule is COCC(=O)Nc1ccc(N(C)C)c(CN(CC(C)C)C(=O)Cc2cccs2)c1. The number of benzene rings is 1. The van der Waals surface area contributed by atoms with Crippen molar-refractivity contribution in [1.82, 2.24) is 4.90 Å². The Morgan fingerprint density at radius 1 is 1.21 bits per heavy atom. The summed E-state index contributed by atoms with van der Waals surface area (Å²) in [5.74, 6) is 0.262. The molecule has 0 unspecified atom stereocenters. The fourth-order valence-electron chi connectivity index (χ4n) is 3.13. The van der Waals surface area contributed by atoms with Crippen molar-refractivity contribution in [2.75, 3.05) is 44.6 Å². The Labute approximate surface area is 177 Å². The van der Waals surface area contributed by atoms with Crippen LogP contribution >= 0.6 is 11.3 Å². The fourth-order valence-corrected chi connectivity index (χ4v) is 3.83. The first-order valence-corrected chi connectivity index (χ1v) is 10.6. The maximum atomic E-state index is 13.0. The molecule has 1 heterocycles. The largest absolute Gasteiger partial charge is 0.377 e. The Morgan fingerprint density at radius 3 is 2.55 bits per heavy atom. The minimum atomic E-state index is -0.205. The number of hydrogen-bond donors (Lipinski definition) is 1. The van der Waals surface area contributed by atoms with Crippen LogP contribution in [0.2, 0.25) is 0 Å². The van der Waals surface area contributed by atoms with Gasteiger partial charge in [0.1, 0.15) is 6.61 Å². The lowest BCUT2D eigenvalue weighted by atomic mass is 10.1. The Balaban J connectivity index is 2.26. The highest BCUT2D eigenvalue weighted by Gasteiger charge is 2.19. The molecule has 1 aromatic heterocycles. The minimum absolute atomic E-state index is 0.00351. The highest BCUT2D eigenvalue weighted by atomic mass is 32.1. The van der Waals surface area contributed by atoms with Crippen molar-refractivity contribution in [2.24, 2.45) is 5.92 Å². The first-order chi connectivity index (χ1) is 13.8. The van der Waals surface area contributed by atoms with Crippen molar-refractivity contribution in [3.05, 3.63) is 46.2 Å². The van der Waals surface area contributed by atoms with Crippen molar-refractivity contribution in [3.63, 3.8) is 0 Å². The Morgan fingerprint density at radius 2 is 1.97 bits per heavy atom. The van der Waals surface area contributed by atoms with Crippen LogP contribution in [0.1, 0.15) is 24.3 Å². The normalized spacial score (nSPS) is 10.8. The number of nitrogens with one attached hydrogen (secondary N) is 1. The molecule has 2 aromatic rings. The molecule has 7 heteroatoms. The molecule has 0 atom stereocenters. The van der Waals surface area contributed by atoms with Gasteiger partial charge in [-0.3, -0.25) is 9.59 Å². The standard InChI is InChI=1S/C22H31N3O3S/c1-16(2)13-25(22(27)12-19-7-6-10-29-19)14-17-11-18(23-21(26)15-28-5)8-9-20(17)24(3)4/h6-11,16H,12-15H2,1-5H3,(H,23,26). The maximum Gasteiger partial charge on any atom is 0.250 e. The number of methoxy groups -OCH3 is 1. The molecule has 0 spiro atoms. The molecular formula is C22H31N3O3S. The van der Waals surface area contributed by atoms with Crippen molar-refractivity contribution in [3.8, 4) is 0 Å². The molecule has 2 rings (SSSR count). The monoisotopic (exact) mass is 417 g/mol. The van der Waals surface area contributed by atoms with E-state index in [9.17, 15) is 9.59 Å². The van der Waals surface area contributed by atoms with Crippen molar-refractivity contribution in [1.29, 1.82) is 0 Å². The molecule has 158 valence electrons. The number of nitrogens with zero attached hydrogens (tertiary/aromatic N) is 2. The smallest absolute Gasteiger partial charge is 0.250 e. The first kappa shape index (κ1) is 22.9. The van der Waals surface area contributed by atoms with Crippen LogP contribution < -0.4 is 10.2 Å². The van der Waals surface area contributed by atoms with Crippen LogP contribution in [-0.4, -0.2) is 51.1 Å². The molecule has 0 aliphatic rings. The lowest BCUT2D eigenvalue weighted by Crippen LogP contribution is -2.35. The zero-order chi connectivity index (χ0) is 21.4. The number of carbonyl (C=O) groups excluding carboxylic acids is 2. The van der Waals surface area contributed by atoms with E-state index >= 15 is 0 Å². The van der Waals surface area contributed by atoms with Gasteiger partial charge in [-0.2, -0.15) is 0 Å². The van der Waals surface area contributed by atoms with Gasteiger partial charge in [0.15, 0.2) is 0 Å². The predicted octanol–water partition coefficient (Wildman–Crippen LogP) is 3.63. The van der Waals surface area contributed by atoms with Gasteiger partial charge in [0.25, 0.3) is 0 Å². The second-order valence-electron chi connectivity index (χ2n) is 7.64. The quantitative estimate of drug-likeness (QED) is 0.641. The Bertz CT molecular complexity index is 804. The molecule has 1 N–H and O–H groups in total. The van der Waals surface area contributed by atoms with E-state index in [1.165, 1.54) is 7.11 Å². The topological polar surface area (TPSA) is 61.9 Å². The molecule has 2 amide bonds. The summed E-state index contributed by atoms with van der Waals surface area (Å²) < 4.78 is 4.89. The van der Waals surface area contributed by atoms with Crippen LogP contribution in [0.5, 0.6) is 0 Å². The molecule has 0 bridgehead atoms. The van der Waals surface area contributed by atoms with Gasteiger partial charge in [0.2, 0.25) is 11.8 Å². The summed E-state index contributed by atoms with van der Waals surface area (Å²) >= 11 is 1.60. The van der Waals surface area contributed by atoms with E-state index in [4.69, 9.17) is 4.74 Å². The lowest BCUT2D eigenvalue weighted by Gasteiger charge is -2.27. The number of ether oxygens (including phenoxy) is 1. The summed E-state index contributed by atoms with van der Waals surface area (Å²) in [5, 5.41) is 4.84. The highest BCUT2D eigenvalue weighted by molar-refractivity contribution is 7.10. The van der Waals surface area contributed by atoms with Crippen LogP contribution in [0.25, 0.3) is 0 Å². The molecule has 1 aromatic carbocycles. The third-order valence-electron chi connectivity index (χ3n) is 4.33. The molecule has 6 nitrogen and oxygen atoms in total. The van der Waals surface area contributed by atoms with Gasteiger partial charge < -0.3 is 19.9 Å². The van der Waals surface area contributed by atoms with Crippen LogP contribution in [0.3, 0.4) is 0 Å². The summed E-state index contributed by atoms with van der Waals surface area (Å²) in [4.78, 5) is 29.9. The van der Waals surface area contributed by atoms with Gasteiger partial charge in [0.05, 0.1) is 6.42 Å². The number of anilines is 2.